The van der Waals surface area contributed by atoms with Gasteiger partial charge in [-0.15, -0.1) is 0 Å². The van der Waals surface area contributed by atoms with E-state index in [0.29, 0.717) is 16.7 Å². The monoisotopic (exact) mass is 350 g/mol. The summed E-state index contributed by atoms with van der Waals surface area (Å²) in [6.45, 7) is 1.61. The van der Waals surface area contributed by atoms with Crippen LogP contribution in [0.2, 0.25) is 0 Å². The number of nitro groups is 1. The number of carbonyl (C=O) groups excluding carboxylic acids is 2. The first-order valence-electron chi connectivity index (χ1n) is 7.73. The van der Waals surface area contributed by atoms with Gasteiger partial charge in [0.1, 0.15) is 5.54 Å². The lowest BCUT2D eigenvalue weighted by Gasteiger charge is -2.22. The summed E-state index contributed by atoms with van der Waals surface area (Å²) in [5.74, 6) is -0.425. The second-order valence-corrected chi connectivity index (χ2v) is 6.06. The SMILES string of the molecule is CC1(c2ccc(C#N)cc2)NC(=O)N(Cc2ccc([N+](=O)[O-])cc2)C1=O. The van der Waals surface area contributed by atoms with Crippen LogP contribution in [0.15, 0.2) is 48.5 Å². The first-order valence-corrected chi connectivity index (χ1v) is 7.73. The smallest absolute Gasteiger partial charge is 0.319 e. The van der Waals surface area contributed by atoms with Crippen LogP contribution in [0.25, 0.3) is 0 Å². The number of carbonyl (C=O) groups is 2. The molecule has 26 heavy (non-hydrogen) atoms. The highest BCUT2D eigenvalue weighted by atomic mass is 16.6. The number of amides is 3. The molecule has 0 aliphatic carbocycles. The van der Waals surface area contributed by atoms with Crippen molar-refractivity contribution in [2.24, 2.45) is 0 Å². The molecule has 0 radical (unpaired) electrons. The van der Waals surface area contributed by atoms with Crippen LogP contribution in [0.5, 0.6) is 0 Å². The molecule has 0 bridgehead atoms. The summed E-state index contributed by atoms with van der Waals surface area (Å²) in [6.07, 6.45) is 0. The molecule has 0 spiro atoms. The van der Waals surface area contributed by atoms with Crippen molar-refractivity contribution < 1.29 is 14.5 Å². The molecule has 2 aromatic carbocycles. The quantitative estimate of drug-likeness (QED) is 0.516. The summed E-state index contributed by atoms with van der Waals surface area (Å²) in [5, 5.41) is 22.3. The minimum Gasteiger partial charge on any atom is -0.319 e. The average molecular weight is 350 g/mol. The minimum absolute atomic E-state index is 0.00846. The van der Waals surface area contributed by atoms with Crippen molar-refractivity contribution in [1.29, 1.82) is 5.26 Å². The first-order chi connectivity index (χ1) is 12.3. The van der Waals surface area contributed by atoms with E-state index in [1.54, 1.807) is 31.2 Å². The molecule has 0 aromatic heterocycles. The molecule has 3 rings (SSSR count). The summed E-state index contributed by atoms with van der Waals surface area (Å²) < 4.78 is 0. The van der Waals surface area contributed by atoms with Gasteiger partial charge in [0, 0.05) is 12.1 Å². The number of nitro benzene ring substituents is 1. The first kappa shape index (κ1) is 17.1. The third-order valence-corrected chi connectivity index (χ3v) is 4.35. The Morgan fingerprint density at radius 1 is 1.15 bits per heavy atom. The van der Waals surface area contributed by atoms with Gasteiger partial charge >= 0.3 is 6.03 Å². The number of nitrogens with zero attached hydrogens (tertiary/aromatic N) is 3. The number of rotatable bonds is 4. The van der Waals surface area contributed by atoms with Crippen LogP contribution in [0, 0.1) is 21.4 Å². The topological polar surface area (TPSA) is 116 Å². The highest BCUT2D eigenvalue weighted by Crippen LogP contribution is 2.30. The molecule has 130 valence electrons. The number of hydrogen-bond donors (Lipinski definition) is 1. The fourth-order valence-corrected chi connectivity index (χ4v) is 2.82. The average Bonchev–Trinajstić information content (AvgIpc) is 2.86. The Labute approximate surface area is 148 Å². The Kier molecular flexibility index (Phi) is 4.14. The second kappa shape index (κ2) is 6.29. The number of imide groups is 1. The second-order valence-electron chi connectivity index (χ2n) is 6.06. The van der Waals surface area contributed by atoms with Crippen LogP contribution in [0.1, 0.15) is 23.6 Å². The molecule has 1 unspecified atom stereocenters. The Bertz CT molecular complexity index is 931. The molecule has 8 nitrogen and oxygen atoms in total. The van der Waals surface area contributed by atoms with Crippen LogP contribution in [0.3, 0.4) is 0 Å². The molecule has 1 heterocycles. The predicted molar refractivity (Wildman–Crippen MR) is 90.7 cm³/mol. The Morgan fingerprint density at radius 2 is 1.77 bits per heavy atom. The van der Waals surface area contributed by atoms with Crippen molar-refractivity contribution in [3.63, 3.8) is 0 Å². The third-order valence-electron chi connectivity index (χ3n) is 4.35. The highest BCUT2D eigenvalue weighted by Gasteiger charge is 2.48. The molecular weight excluding hydrogens is 336 g/mol. The van der Waals surface area contributed by atoms with Gasteiger partial charge in [0.15, 0.2) is 0 Å². The van der Waals surface area contributed by atoms with Crippen molar-refractivity contribution in [2.75, 3.05) is 0 Å². The molecule has 3 amide bonds. The molecule has 1 saturated heterocycles. The van der Waals surface area contributed by atoms with Gasteiger partial charge in [0.2, 0.25) is 0 Å². The number of benzene rings is 2. The Balaban J connectivity index is 1.83. The number of hydrogen-bond acceptors (Lipinski definition) is 5. The van der Waals surface area contributed by atoms with Crippen LogP contribution < -0.4 is 5.32 Å². The van der Waals surface area contributed by atoms with E-state index in [1.807, 2.05) is 6.07 Å². The molecule has 1 N–H and O–H groups in total. The van der Waals surface area contributed by atoms with Gasteiger partial charge in [-0.05, 0) is 30.2 Å². The van der Waals surface area contributed by atoms with E-state index in [4.69, 9.17) is 5.26 Å². The van der Waals surface area contributed by atoms with Gasteiger partial charge in [0.25, 0.3) is 11.6 Å². The van der Waals surface area contributed by atoms with Crippen molar-refractivity contribution in [2.45, 2.75) is 19.0 Å². The zero-order valence-electron chi connectivity index (χ0n) is 13.8. The van der Waals surface area contributed by atoms with Crippen molar-refractivity contribution in [1.82, 2.24) is 10.2 Å². The lowest BCUT2D eigenvalue weighted by molar-refractivity contribution is -0.384. The molecule has 0 saturated carbocycles. The van der Waals surface area contributed by atoms with E-state index in [9.17, 15) is 19.7 Å². The number of non-ortho nitro benzene ring substituents is 1. The van der Waals surface area contributed by atoms with Gasteiger partial charge in [-0.3, -0.25) is 19.8 Å². The van der Waals surface area contributed by atoms with E-state index in [0.717, 1.165) is 4.90 Å². The molecule has 1 aliphatic rings. The summed E-state index contributed by atoms with van der Waals surface area (Å²) >= 11 is 0. The maximum atomic E-state index is 12.8. The van der Waals surface area contributed by atoms with E-state index >= 15 is 0 Å². The van der Waals surface area contributed by atoms with E-state index < -0.39 is 22.4 Å². The number of urea groups is 1. The van der Waals surface area contributed by atoms with Crippen molar-refractivity contribution in [3.8, 4) is 6.07 Å². The third kappa shape index (κ3) is 2.86. The molecule has 1 fully saturated rings. The van der Waals surface area contributed by atoms with Gasteiger partial charge < -0.3 is 5.32 Å². The summed E-state index contributed by atoms with van der Waals surface area (Å²) in [7, 11) is 0. The van der Waals surface area contributed by atoms with Crippen molar-refractivity contribution >= 4 is 17.6 Å². The predicted octanol–water partition coefficient (Wildman–Crippen LogP) is 2.43. The molecular formula is C18H14N4O4. The van der Waals surface area contributed by atoms with Gasteiger partial charge in [-0.1, -0.05) is 24.3 Å². The van der Waals surface area contributed by atoms with E-state index in [-0.39, 0.29) is 12.2 Å². The molecule has 8 heteroatoms. The van der Waals surface area contributed by atoms with Crippen molar-refractivity contribution in [3.05, 3.63) is 75.3 Å². The van der Waals surface area contributed by atoms with Gasteiger partial charge in [-0.25, -0.2) is 4.79 Å². The van der Waals surface area contributed by atoms with Gasteiger partial charge in [-0.2, -0.15) is 5.26 Å². The van der Waals surface area contributed by atoms with Gasteiger partial charge in [0.05, 0.1) is 23.1 Å². The standard InChI is InChI=1S/C18H14N4O4/c1-18(14-6-2-12(10-19)3-7-14)16(23)21(17(24)20-18)11-13-4-8-15(9-5-13)22(25)26/h2-9H,11H2,1H3,(H,20,24). The Morgan fingerprint density at radius 3 is 2.31 bits per heavy atom. The van der Waals surface area contributed by atoms with E-state index in [1.165, 1.54) is 24.3 Å². The highest BCUT2D eigenvalue weighted by molar-refractivity contribution is 6.07. The number of nitrogens with one attached hydrogen (secondary N) is 1. The van der Waals surface area contributed by atoms with Crippen LogP contribution >= 0.6 is 0 Å². The summed E-state index contributed by atoms with van der Waals surface area (Å²) in [6, 6.07) is 13.6. The fraction of sp³-hybridized carbons (Fsp3) is 0.167. The lowest BCUT2D eigenvalue weighted by Crippen LogP contribution is -2.40. The zero-order chi connectivity index (χ0) is 18.9. The van der Waals surface area contributed by atoms with Crippen LogP contribution in [-0.2, 0) is 16.9 Å². The minimum atomic E-state index is -1.23. The lowest BCUT2D eigenvalue weighted by atomic mass is 9.91. The maximum Gasteiger partial charge on any atom is 0.325 e. The van der Waals surface area contributed by atoms with Crippen LogP contribution in [0.4, 0.5) is 10.5 Å². The summed E-state index contributed by atoms with van der Waals surface area (Å²) in [5.41, 5.74) is 0.334. The molecule has 2 aromatic rings. The van der Waals surface area contributed by atoms with E-state index in [2.05, 4.69) is 5.32 Å². The normalized spacial score (nSPS) is 19.2. The fourth-order valence-electron chi connectivity index (χ4n) is 2.82. The molecule has 1 atom stereocenters. The maximum absolute atomic E-state index is 12.8. The Hall–Kier alpha value is -3.73. The molecule has 1 aliphatic heterocycles. The van der Waals surface area contributed by atoms with Crippen LogP contribution in [-0.4, -0.2) is 21.8 Å². The zero-order valence-corrected chi connectivity index (χ0v) is 13.8. The number of nitriles is 1. The summed E-state index contributed by atoms with van der Waals surface area (Å²) in [4.78, 5) is 36.4. The largest absolute Gasteiger partial charge is 0.325 e.